The Kier molecular flexibility index (Phi) is 6.13. The molecule has 0 saturated carbocycles. The summed E-state index contributed by atoms with van der Waals surface area (Å²) in [7, 11) is 0. The number of aromatic nitrogens is 1. The number of carbonyl (C=O) groups is 1. The van der Waals surface area contributed by atoms with Gasteiger partial charge in [0, 0.05) is 30.9 Å². The fraction of sp³-hybridized carbons (Fsp3) is 0.368. The van der Waals surface area contributed by atoms with E-state index in [0.717, 1.165) is 12.1 Å². The van der Waals surface area contributed by atoms with Crippen LogP contribution in [0.15, 0.2) is 48.8 Å². The lowest BCUT2D eigenvalue weighted by Gasteiger charge is -2.18. The molecule has 22 heavy (non-hydrogen) atoms. The van der Waals surface area contributed by atoms with Crippen molar-refractivity contribution >= 4 is 11.6 Å². The Morgan fingerprint density at radius 3 is 2.68 bits per heavy atom. The van der Waals surface area contributed by atoms with Gasteiger partial charge in [-0.15, -0.1) is 0 Å². The summed E-state index contributed by atoms with van der Waals surface area (Å²) < 4.78 is 0. The maximum absolute atomic E-state index is 11.3. The molecule has 0 radical (unpaired) electrons. The van der Waals surface area contributed by atoms with Crippen LogP contribution in [-0.2, 0) is 4.79 Å². The van der Waals surface area contributed by atoms with E-state index in [9.17, 15) is 4.79 Å². The molecular weight excluding hydrogens is 272 g/mol. The molecule has 0 spiro atoms. The summed E-state index contributed by atoms with van der Waals surface area (Å²) in [6, 6.07) is 12.3. The van der Waals surface area contributed by atoms with Gasteiger partial charge in [0.15, 0.2) is 0 Å². The maximum Gasteiger partial charge on any atom is 0.221 e. The lowest BCUT2D eigenvalue weighted by molar-refractivity contribution is -0.114. The molecule has 1 amide bonds. The summed E-state index contributed by atoms with van der Waals surface area (Å²) in [5, 5.41) is 2.86. The second-order valence-electron chi connectivity index (χ2n) is 5.64. The van der Waals surface area contributed by atoms with E-state index < -0.39 is 0 Å². The number of nitrogens with zero attached hydrogens (tertiary/aromatic N) is 1. The average molecular weight is 296 g/mol. The SMILES string of the molecule is CCCCCC(c1cccnc1)c1cccc(NC(C)=O)c1. The number of rotatable bonds is 7. The number of carbonyl (C=O) groups excluding carboxylic acids is 1. The van der Waals surface area contributed by atoms with E-state index in [2.05, 4.69) is 35.4 Å². The Labute approximate surface area is 132 Å². The molecule has 0 fully saturated rings. The minimum absolute atomic E-state index is 0.0407. The van der Waals surface area contributed by atoms with Crippen LogP contribution in [0.3, 0.4) is 0 Å². The third-order valence-corrected chi connectivity index (χ3v) is 3.79. The summed E-state index contributed by atoms with van der Waals surface area (Å²) in [5.41, 5.74) is 3.32. The van der Waals surface area contributed by atoms with Crippen molar-refractivity contribution in [3.8, 4) is 0 Å². The molecule has 0 aliphatic heterocycles. The van der Waals surface area contributed by atoms with Gasteiger partial charge in [0.25, 0.3) is 0 Å². The zero-order valence-corrected chi connectivity index (χ0v) is 13.4. The third-order valence-electron chi connectivity index (χ3n) is 3.79. The lowest BCUT2D eigenvalue weighted by atomic mass is 9.87. The molecular formula is C19H24N2O. The standard InChI is InChI=1S/C19H24N2O/c1-3-4-5-11-19(17-9-7-12-20-14-17)16-8-6-10-18(13-16)21-15(2)22/h6-10,12-14,19H,3-5,11H2,1-2H3,(H,21,22). The summed E-state index contributed by atoms with van der Waals surface area (Å²) in [6.07, 6.45) is 8.50. The van der Waals surface area contributed by atoms with E-state index >= 15 is 0 Å². The largest absolute Gasteiger partial charge is 0.326 e. The van der Waals surface area contributed by atoms with Gasteiger partial charge >= 0.3 is 0 Å². The van der Waals surface area contributed by atoms with Gasteiger partial charge in [-0.25, -0.2) is 0 Å². The van der Waals surface area contributed by atoms with Crippen molar-refractivity contribution in [2.24, 2.45) is 0 Å². The van der Waals surface area contributed by atoms with Gasteiger partial charge in [0.1, 0.15) is 0 Å². The number of hydrogen-bond acceptors (Lipinski definition) is 2. The first-order valence-corrected chi connectivity index (χ1v) is 7.98. The highest BCUT2D eigenvalue weighted by atomic mass is 16.1. The summed E-state index contributed by atoms with van der Waals surface area (Å²) in [6.45, 7) is 3.75. The molecule has 1 atom stereocenters. The number of nitrogens with one attached hydrogen (secondary N) is 1. The van der Waals surface area contributed by atoms with Crippen molar-refractivity contribution in [2.45, 2.75) is 45.4 Å². The first-order chi connectivity index (χ1) is 10.7. The molecule has 0 bridgehead atoms. The van der Waals surface area contributed by atoms with Gasteiger partial charge in [-0.2, -0.15) is 0 Å². The van der Waals surface area contributed by atoms with Crippen molar-refractivity contribution < 1.29 is 4.79 Å². The quantitative estimate of drug-likeness (QED) is 0.749. The van der Waals surface area contributed by atoms with Gasteiger partial charge in [-0.1, -0.05) is 44.4 Å². The van der Waals surface area contributed by atoms with Crippen LogP contribution in [0.1, 0.15) is 56.6 Å². The molecule has 1 heterocycles. The zero-order valence-electron chi connectivity index (χ0n) is 13.4. The zero-order chi connectivity index (χ0) is 15.8. The van der Waals surface area contributed by atoms with Gasteiger partial charge in [-0.3, -0.25) is 9.78 Å². The molecule has 2 aromatic rings. The summed E-state index contributed by atoms with van der Waals surface area (Å²) in [4.78, 5) is 15.5. The van der Waals surface area contributed by atoms with E-state index in [1.807, 2.05) is 24.4 Å². The van der Waals surface area contributed by atoms with Crippen molar-refractivity contribution in [3.05, 3.63) is 59.9 Å². The van der Waals surface area contributed by atoms with Crippen molar-refractivity contribution in [2.75, 3.05) is 5.32 Å². The third kappa shape index (κ3) is 4.69. The van der Waals surface area contributed by atoms with E-state index in [4.69, 9.17) is 0 Å². The van der Waals surface area contributed by atoms with Gasteiger partial charge in [-0.05, 0) is 35.7 Å². The highest BCUT2D eigenvalue weighted by molar-refractivity contribution is 5.88. The first kappa shape index (κ1) is 16.2. The minimum atomic E-state index is -0.0407. The Morgan fingerprint density at radius 1 is 1.18 bits per heavy atom. The van der Waals surface area contributed by atoms with E-state index in [1.54, 1.807) is 6.20 Å². The minimum Gasteiger partial charge on any atom is -0.326 e. The average Bonchev–Trinajstić information content (AvgIpc) is 2.52. The smallest absolute Gasteiger partial charge is 0.221 e. The molecule has 1 unspecified atom stereocenters. The van der Waals surface area contributed by atoms with E-state index in [1.165, 1.54) is 37.3 Å². The molecule has 1 aromatic heterocycles. The van der Waals surface area contributed by atoms with Crippen LogP contribution in [0.25, 0.3) is 0 Å². The fourth-order valence-corrected chi connectivity index (χ4v) is 2.74. The van der Waals surface area contributed by atoms with Crippen molar-refractivity contribution in [3.63, 3.8) is 0 Å². The van der Waals surface area contributed by atoms with Crippen LogP contribution >= 0.6 is 0 Å². The number of pyridine rings is 1. The Morgan fingerprint density at radius 2 is 2.00 bits per heavy atom. The summed E-state index contributed by atoms with van der Waals surface area (Å²) in [5.74, 6) is 0.287. The summed E-state index contributed by atoms with van der Waals surface area (Å²) >= 11 is 0. The number of amides is 1. The first-order valence-electron chi connectivity index (χ1n) is 7.98. The molecule has 2 rings (SSSR count). The van der Waals surface area contributed by atoms with Gasteiger partial charge < -0.3 is 5.32 Å². The topological polar surface area (TPSA) is 42.0 Å². The molecule has 0 aliphatic rings. The van der Waals surface area contributed by atoms with Crippen LogP contribution in [-0.4, -0.2) is 10.9 Å². The van der Waals surface area contributed by atoms with E-state index in [-0.39, 0.29) is 5.91 Å². The molecule has 0 aliphatic carbocycles. The molecule has 3 heteroatoms. The fourth-order valence-electron chi connectivity index (χ4n) is 2.74. The Hall–Kier alpha value is -2.16. The molecule has 3 nitrogen and oxygen atoms in total. The van der Waals surface area contributed by atoms with Crippen LogP contribution in [0.4, 0.5) is 5.69 Å². The highest BCUT2D eigenvalue weighted by Gasteiger charge is 2.14. The molecule has 116 valence electrons. The number of unbranched alkanes of at least 4 members (excludes halogenated alkanes) is 2. The molecule has 0 saturated heterocycles. The predicted octanol–water partition coefficient (Wildman–Crippen LogP) is 4.75. The van der Waals surface area contributed by atoms with Crippen molar-refractivity contribution in [1.29, 1.82) is 0 Å². The number of anilines is 1. The van der Waals surface area contributed by atoms with Crippen LogP contribution in [0.5, 0.6) is 0 Å². The Bertz CT molecular complexity index is 595. The van der Waals surface area contributed by atoms with Crippen molar-refractivity contribution in [1.82, 2.24) is 4.98 Å². The van der Waals surface area contributed by atoms with Crippen LogP contribution in [0, 0.1) is 0 Å². The predicted molar refractivity (Wildman–Crippen MR) is 91.0 cm³/mol. The molecule has 1 aromatic carbocycles. The second-order valence-corrected chi connectivity index (χ2v) is 5.64. The van der Waals surface area contributed by atoms with Crippen LogP contribution in [0.2, 0.25) is 0 Å². The van der Waals surface area contributed by atoms with E-state index in [0.29, 0.717) is 5.92 Å². The van der Waals surface area contributed by atoms with Gasteiger partial charge in [0.2, 0.25) is 5.91 Å². The Balaban J connectivity index is 2.26. The lowest BCUT2D eigenvalue weighted by Crippen LogP contribution is -2.07. The number of benzene rings is 1. The highest BCUT2D eigenvalue weighted by Crippen LogP contribution is 2.31. The monoisotopic (exact) mass is 296 g/mol. The van der Waals surface area contributed by atoms with Gasteiger partial charge in [0.05, 0.1) is 0 Å². The molecule has 1 N–H and O–H groups in total. The second kappa shape index (κ2) is 8.32. The number of hydrogen-bond donors (Lipinski definition) is 1. The maximum atomic E-state index is 11.3. The van der Waals surface area contributed by atoms with Crippen LogP contribution < -0.4 is 5.32 Å². The normalized spacial score (nSPS) is 11.9.